The molecule has 0 spiro atoms. The smallest absolute Gasteiger partial charge is 0.304 e. The number of aliphatic carboxylic acids is 1. The van der Waals surface area contributed by atoms with Crippen LogP contribution >= 0.6 is 23.2 Å². The molecule has 0 radical (unpaired) electrons. The molecule has 2 aromatic rings. The molecule has 2 aliphatic rings. The summed E-state index contributed by atoms with van der Waals surface area (Å²) in [6.07, 6.45) is 2.43. The van der Waals surface area contributed by atoms with Crippen molar-refractivity contribution in [2.24, 2.45) is 11.3 Å². The van der Waals surface area contributed by atoms with Gasteiger partial charge in [0.2, 0.25) is 5.91 Å². The van der Waals surface area contributed by atoms with Gasteiger partial charge in [-0.05, 0) is 61.1 Å². The third kappa shape index (κ3) is 5.86. The quantitative estimate of drug-likeness (QED) is 0.394. The molecule has 1 aliphatic heterocycles. The second-order valence-electron chi connectivity index (χ2n) is 9.90. The van der Waals surface area contributed by atoms with E-state index in [9.17, 15) is 20.0 Å². The summed E-state index contributed by atoms with van der Waals surface area (Å²) >= 11 is 12.5. The van der Waals surface area contributed by atoms with Crippen LogP contribution in [0.5, 0.6) is 0 Å². The Hall–Kier alpha value is -2.59. The van der Waals surface area contributed by atoms with Crippen molar-refractivity contribution in [1.82, 2.24) is 4.90 Å². The molecule has 2 aromatic carbocycles. The molecular weight excluding hydrogens is 499 g/mol. The minimum Gasteiger partial charge on any atom is -0.481 e. The largest absolute Gasteiger partial charge is 0.481 e. The van der Waals surface area contributed by atoms with Gasteiger partial charge in [-0.2, -0.15) is 5.26 Å². The highest BCUT2D eigenvalue weighted by molar-refractivity contribution is 6.30. The van der Waals surface area contributed by atoms with E-state index in [1.165, 1.54) is 0 Å². The molecule has 6 nitrogen and oxygen atoms in total. The van der Waals surface area contributed by atoms with E-state index in [-0.39, 0.29) is 36.9 Å². The predicted octanol–water partition coefficient (Wildman–Crippen LogP) is 6.24. The van der Waals surface area contributed by atoms with E-state index in [1.807, 2.05) is 42.2 Å². The van der Waals surface area contributed by atoms with E-state index < -0.39 is 17.3 Å². The fourth-order valence-corrected chi connectivity index (χ4v) is 5.52. The molecule has 1 saturated carbocycles. The number of carboxylic acids is 1. The average molecular weight is 529 g/mol. The molecule has 190 valence electrons. The highest BCUT2D eigenvalue weighted by Gasteiger charge is 2.47. The Morgan fingerprint density at radius 1 is 1.19 bits per heavy atom. The molecule has 1 aliphatic carbocycles. The number of amides is 1. The third-order valence-electron chi connectivity index (χ3n) is 7.38. The SMILES string of the molecule is CC[C@@H](COCC1(C#N)CC1)N1C(=O)C(CC(=O)O)C[C@H](c2cccc(Cl)c2)[C@H]1c1ccc(Cl)cc1. The van der Waals surface area contributed by atoms with Gasteiger partial charge in [0.05, 0.1) is 43.2 Å². The Bertz CT molecular complexity index is 1140. The number of rotatable bonds is 10. The number of carbonyl (C=O) groups excluding carboxylic acids is 1. The summed E-state index contributed by atoms with van der Waals surface area (Å²) in [6.45, 7) is 2.61. The van der Waals surface area contributed by atoms with Crippen LogP contribution in [0.4, 0.5) is 0 Å². The number of nitriles is 1. The van der Waals surface area contributed by atoms with Crippen molar-refractivity contribution in [2.45, 2.75) is 57.0 Å². The van der Waals surface area contributed by atoms with Gasteiger partial charge in [-0.15, -0.1) is 0 Å². The van der Waals surface area contributed by atoms with Gasteiger partial charge in [0.25, 0.3) is 0 Å². The maximum absolute atomic E-state index is 13.9. The number of hydrogen-bond acceptors (Lipinski definition) is 4. The summed E-state index contributed by atoms with van der Waals surface area (Å²) in [5.74, 6) is -2.03. The first-order valence-electron chi connectivity index (χ1n) is 12.3. The highest BCUT2D eigenvalue weighted by atomic mass is 35.5. The summed E-state index contributed by atoms with van der Waals surface area (Å²) in [4.78, 5) is 27.4. The zero-order valence-electron chi connectivity index (χ0n) is 20.2. The van der Waals surface area contributed by atoms with Crippen molar-refractivity contribution >= 4 is 35.1 Å². The van der Waals surface area contributed by atoms with Crippen LogP contribution in [-0.2, 0) is 14.3 Å². The van der Waals surface area contributed by atoms with E-state index in [1.54, 1.807) is 18.2 Å². The van der Waals surface area contributed by atoms with Gasteiger partial charge < -0.3 is 14.7 Å². The Morgan fingerprint density at radius 3 is 2.50 bits per heavy atom. The lowest BCUT2D eigenvalue weighted by Crippen LogP contribution is -2.53. The normalized spacial score (nSPS) is 23.7. The lowest BCUT2D eigenvalue weighted by Gasteiger charge is -2.48. The van der Waals surface area contributed by atoms with Crippen molar-refractivity contribution in [2.75, 3.05) is 13.2 Å². The lowest BCUT2D eigenvalue weighted by molar-refractivity contribution is -0.154. The first-order valence-corrected chi connectivity index (χ1v) is 13.1. The molecule has 1 unspecified atom stereocenters. The molecule has 4 rings (SSSR count). The second-order valence-corrected chi connectivity index (χ2v) is 10.8. The number of benzene rings is 2. The van der Waals surface area contributed by atoms with Gasteiger partial charge in [-0.1, -0.05) is 54.4 Å². The number of piperidine rings is 1. The lowest BCUT2D eigenvalue weighted by atomic mass is 9.74. The van der Waals surface area contributed by atoms with Crippen LogP contribution in [0, 0.1) is 22.7 Å². The van der Waals surface area contributed by atoms with Gasteiger partial charge in [0.1, 0.15) is 0 Å². The van der Waals surface area contributed by atoms with Gasteiger partial charge >= 0.3 is 5.97 Å². The van der Waals surface area contributed by atoms with Crippen LogP contribution in [0.1, 0.15) is 62.1 Å². The molecule has 8 heteroatoms. The molecule has 1 N–H and O–H groups in total. The van der Waals surface area contributed by atoms with Crippen molar-refractivity contribution < 1.29 is 19.4 Å². The summed E-state index contributed by atoms with van der Waals surface area (Å²) in [5.41, 5.74) is 1.46. The monoisotopic (exact) mass is 528 g/mol. The second kappa shape index (κ2) is 11.2. The number of carboxylic acid groups (broad SMARTS) is 1. The molecule has 1 amide bonds. The number of carbonyl (C=O) groups is 2. The Kier molecular flexibility index (Phi) is 8.24. The number of hydrogen-bond donors (Lipinski definition) is 1. The summed E-state index contributed by atoms with van der Waals surface area (Å²) in [6, 6.07) is 16.7. The van der Waals surface area contributed by atoms with Crippen LogP contribution in [0.15, 0.2) is 48.5 Å². The Labute approximate surface area is 221 Å². The van der Waals surface area contributed by atoms with E-state index >= 15 is 0 Å². The Morgan fingerprint density at radius 2 is 1.92 bits per heavy atom. The topological polar surface area (TPSA) is 90.6 Å². The van der Waals surface area contributed by atoms with Gasteiger partial charge in [-0.25, -0.2) is 0 Å². The maximum Gasteiger partial charge on any atom is 0.304 e. The number of ether oxygens (including phenoxy) is 1. The van der Waals surface area contributed by atoms with Crippen LogP contribution in [0.3, 0.4) is 0 Å². The number of likely N-dealkylation sites (tertiary alicyclic amines) is 1. The van der Waals surface area contributed by atoms with Gasteiger partial charge in [0.15, 0.2) is 0 Å². The van der Waals surface area contributed by atoms with E-state index in [0.717, 1.165) is 24.0 Å². The number of halogens is 2. The zero-order chi connectivity index (χ0) is 25.9. The molecule has 0 aromatic heterocycles. The van der Waals surface area contributed by atoms with E-state index in [0.29, 0.717) is 29.5 Å². The Balaban J connectivity index is 1.74. The van der Waals surface area contributed by atoms with Crippen molar-refractivity contribution in [3.8, 4) is 6.07 Å². The predicted molar refractivity (Wildman–Crippen MR) is 138 cm³/mol. The number of nitrogens with zero attached hydrogens (tertiary/aromatic N) is 2. The molecule has 0 bridgehead atoms. The van der Waals surface area contributed by atoms with Crippen LogP contribution in [0.25, 0.3) is 0 Å². The van der Waals surface area contributed by atoms with Crippen LogP contribution in [0.2, 0.25) is 10.0 Å². The van der Waals surface area contributed by atoms with Crippen LogP contribution in [-0.4, -0.2) is 41.1 Å². The molecule has 1 heterocycles. The van der Waals surface area contributed by atoms with Crippen molar-refractivity contribution in [3.63, 3.8) is 0 Å². The van der Waals surface area contributed by atoms with Crippen molar-refractivity contribution in [1.29, 1.82) is 5.26 Å². The molecule has 1 saturated heterocycles. The first kappa shape index (κ1) is 26.5. The van der Waals surface area contributed by atoms with E-state index in [4.69, 9.17) is 27.9 Å². The summed E-state index contributed by atoms with van der Waals surface area (Å²) < 4.78 is 6.01. The fraction of sp³-hybridized carbons (Fsp3) is 0.464. The summed E-state index contributed by atoms with van der Waals surface area (Å²) in [7, 11) is 0. The molecule has 36 heavy (non-hydrogen) atoms. The zero-order valence-corrected chi connectivity index (χ0v) is 21.7. The standard InChI is InChI=1S/C28H30Cl2N2O4/c1-2-23(15-36-17-28(16-31)10-11-28)32-26(18-6-8-21(29)9-7-18)24(19-4-3-5-22(30)12-19)13-20(27(32)35)14-25(33)34/h3-9,12,20,23-24,26H,2,10-11,13-15,17H2,1H3,(H,33,34)/t20?,23-,24+,26+/m0/s1. The minimum absolute atomic E-state index is 0.171. The molecule has 2 fully saturated rings. The highest BCUT2D eigenvalue weighted by Crippen LogP contribution is 2.48. The fourth-order valence-electron chi connectivity index (χ4n) is 5.20. The third-order valence-corrected chi connectivity index (χ3v) is 7.86. The first-order chi connectivity index (χ1) is 17.3. The van der Waals surface area contributed by atoms with Crippen molar-refractivity contribution in [3.05, 3.63) is 69.7 Å². The van der Waals surface area contributed by atoms with Crippen LogP contribution < -0.4 is 0 Å². The molecular formula is C28H30Cl2N2O4. The average Bonchev–Trinajstić information content (AvgIpc) is 3.64. The summed E-state index contributed by atoms with van der Waals surface area (Å²) in [5, 5.41) is 20.2. The van der Waals surface area contributed by atoms with Gasteiger partial charge in [0, 0.05) is 21.9 Å². The maximum atomic E-state index is 13.9. The van der Waals surface area contributed by atoms with E-state index in [2.05, 4.69) is 6.07 Å². The molecule has 4 atom stereocenters. The minimum atomic E-state index is -1.00. The van der Waals surface area contributed by atoms with Gasteiger partial charge in [-0.3, -0.25) is 9.59 Å².